The van der Waals surface area contributed by atoms with Crippen LogP contribution in [0.25, 0.3) is 0 Å². The van der Waals surface area contributed by atoms with Crippen LogP contribution in [0.5, 0.6) is 0 Å². The highest BCUT2D eigenvalue weighted by atomic mass is 16.5. The molecule has 1 heterocycles. The second kappa shape index (κ2) is 5.48. The lowest BCUT2D eigenvalue weighted by atomic mass is 10.0. The van der Waals surface area contributed by atoms with Crippen molar-refractivity contribution in [1.82, 2.24) is 4.90 Å². The molecule has 1 unspecified atom stereocenters. The zero-order chi connectivity index (χ0) is 12.1. The van der Waals surface area contributed by atoms with Crippen molar-refractivity contribution in [2.45, 2.75) is 12.8 Å². The van der Waals surface area contributed by atoms with Crippen LogP contribution in [0.2, 0.25) is 0 Å². The summed E-state index contributed by atoms with van der Waals surface area (Å²) >= 11 is 0. The third-order valence-corrected chi connectivity index (χ3v) is 2.60. The molecule has 1 saturated heterocycles. The molecule has 6 nitrogen and oxygen atoms in total. The zero-order valence-corrected chi connectivity index (χ0v) is 9.39. The minimum Gasteiger partial charge on any atom is -0.469 e. The number of carbonyl (C=O) groups is 3. The second-order valence-corrected chi connectivity index (χ2v) is 3.60. The van der Waals surface area contributed by atoms with Crippen LogP contribution in [0.1, 0.15) is 12.8 Å². The van der Waals surface area contributed by atoms with Crippen molar-refractivity contribution < 1.29 is 23.9 Å². The van der Waals surface area contributed by atoms with Crippen LogP contribution >= 0.6 is 0 Å². The summed E-state index contributed by atoms with van der Waals surface area (Å²) in [6, 6.07) is 0. The molecule has 0 spiro atoms. The lowest BCUT2D eigenvalue weighted by Gasteiger charge is -2.14. The van der Waals surface area contributed by atoms with Gasteiger partial charge in [-0.3, -0.25) is 14.4 Å². The predicted molar refractivity (Wildman–Crippen MR) is 53.3 cm³/mol. The van der Waals surface area contributed by atoms with Crippen LogP contribution in [-0.2, 0) is 23.9 Å². The predicted octanol–water partition coefficient (Wildman–Crippen LogP) is -0.429. The SMILES string of the molecule is COC(=O)CC1CCN(CC(=O)OC)C1=O. The molecule has 0 N–H and O–H groups in total. The molecule has 16 heavy (non-hydrogen) atoms. The van der Waals surface area contributed by atoms with E-state index in [0.29, 0.717) is 13.0 Å². The quantitative estimate of drug-likeness (QED) is 0.612. The zero-order valence-electron chi connectivity index (χ0n) is 9.39. The molecule has 1 amide bonds. The first-order valence-corrected chi connectivity index (χ1v) is 5.01. The lowest BCUT2D eigenvalue weighted by Crippen LogP contribution is -2.33. The normalized spacial score (nSPS) is 19.8. The van der Waals surface area contributed by atoms with Gasteiger partial charge in [0.15, 0.2) is 0 Å². The maximum absolute atomic E-state index is 11.7. The van der Waals surface area contributed by atoms with E-state index in [1.165, 1.54) is 19.1 Å². The van der Waals surface area contributed by atoms with E-state index in [9.17, 15) is 14.4 Å². The van der Waals surface area contributed by atoms with Crippen molar-refractivity contribution >= 4 is 17.8 Å². The maximum Gasteiger partial charge on any atom is 0.325 e. The van der Waals surface area contributed by atoms with Crippen molar-refractivity contribution in [3.63, 3.8) is 0 Å². The van der Waals surface area contributed by atoms with E-state index in [1.54, 1.807) is 0 Å². The Balaban J connectivity index is 2.47. The van der Waals surface area contributed by atoms with Crippen LogP contribution in [0.3, 0.4) is 0 Å². The van der Waals surface area contributed by atoms with Crippen molar-refractivity contribution in [2.24, 2.45) is 5.92 Å². The van der Waals surface area contributed by atoms with Gasteiger partial charge < -0.3 is 14.4 Å². The Labute approximate surface area is 93.5 Å². The molecule has 1 atom stereocenters. The Hall–Kier alpha value is -1.59. The molecule has 1 aliphatic heterocycles. The summed E-state index contributed by atoms with van der Waals surface area (Å²) in [6.07, 6.45) is 0.651. The molecule has 6 heteroatoms. The molecule has 0 aromatic carbocycles. The highest BCUT2D eigenvalue weighted by Gasteiger charge is 2.34. The highest BCUT2D eigenvalue weighted by molar-refractivity contribution is 5.88. The first-order chi connectivity index (χ1) is 7.58. The average molecular weight is 229 g/mol. The molecule has 0 bridgehead atoms. The summed E-state index contributed by atoms with van der Waals surface area (Å²) in [5.41, 5.74) is 0. The van der Waals surface area contributed by atoms with Gasteiger partial charge in [-0.2, -0.15) is 0 Å². The van der Waals surface area contributed by atoms with Gasteiger partial charge in [0, 0.05) is 6.54 Å². The van der Waals surface area contributed by atoms with Gasteiger partial charge in [0.1, 0.15) is 6.54 Å². The molecule has 0 radical (unpaired) electrons. The minimum absolute atomic E-state index is 0.0486. The fourth-order valence-electron chi connectivity index (χ4n) is 1.65. The number of methoxy groups -OCH3 is 2. The van der Waals surface area contributed by atoms with Crippen LogP contribution in [0.4, 0.5) is 0 Å². The Bertz CT molecular complexity index is 274. The van der Waals surface area contributed by atoms with Gasteiger partial charge in [-0.25, -0.2) is 0 Å². The molecule has 0 aromatic rings. The number of esters is 2. The van der Waals surface area contributed by atoms with E-state index in [1.807, 2.05) is 0 Å². The van der Waals surface area contributed by atoms with Crippen molar-refractivity contribution in [1.29, 1.82) is 0 Å². The van der Waals surface area contributed by atoms with E-state index in [4.69, 9.17) is 0 Å². The Morgan fingerprint density at radius 1 is 1.31 bits per heavy atom. The number of rotatable bonds is 4. The highest BCUT2D eigenvalue weighted by Crippen LogP contribution is 2.21. The number of amides is 1. The van der Waals surface area contributed by atoms with Gasteiger partial charge in [-0.15, -0.1) is 0 Å². The molecule has 0 aromatic heterocycles. The topological polar surface area (TPSA) is 72.9 Å². The third kappa shape index (κ3) is 2.95. The van der Waals surface area contributed by atoms with E-state index < -0.39 is 11.9 Å². The number of hydrogen-bond donors (Lipinski definition) is 0. The molecular weight excluding hydrogens is 214 g/mol. The summed E-state index contributed by atoms with van der Waals surface area (Å²) in [6.45, 7) is 0.433. The summed E-state index contributed by atoms with van der Waals surface area (Å²) in [5, 5.41) is 0. The van der Waals surface area contributed by atoms with Crippen molar-refractivity contribution in [3.05, 3.63) is 0 Å². The van der Waals surface area contributed by atoms with Gasteiger partial charge in [-0.1, -0.05) is 0 Å². The van der Waals surface area contributed by atoms with E-state index in [-0.39, 0.29) is 24.8 Å². The standard InChI is InChI=1S/C10H15NO5/c1-15-8(12)5-7-3-4-11(10(7)14)6-9(13)16-2/h7H,3-6H2,1-2H3. The first kappa shape index (κ1) is 12.5. The lowest BCUT2D eigenvalue weighted by molar-refractivity contribution is -0.147. The number of ether oxygens (including phenoxy) is 2. The summed E-state index contributed by atoms with van der Waals surface area (Å²) in [7, 11) is 2.56. The molecule has 90 valence electrons. The number of nitrogens with zero attached hydrogens (tertiary/aromatic N) is 1. The number of hydrogen-bond acceptors (Lipinski definition) is 5. The van der Waals surface area contributed by atoms with E-state index in [0.717, 1.165) is 0 Å². The smallest absolute Gasteiger partial charge is 0.325 e. The Morgan fingerprint density at radius 2 is 1.94 bits per heavy atom. The monoisotopic (exact) mass is 229 g/mol. The maximum atomic E-state index is 11.7. The number of carbonyl (C=O) groups excluding carboxylic acids is 3. The fourth-order valence-corrected chi connectivity index (χ4v) is 1.65. The molecule has 1 fully saturated rings. The number of likely N-dealkylation sites (tertiary alicyclic amines) is 1. The van der Waals surface area contributed by atoms with E-state index in [2.05, 4.69) is 9.47 Å². The Kier molecular flexibility index (Phi) is 4.28. The van der Waals surface area contributed by atoms with Crippen molar-refractivity contribution in [2.75, 3.05) is 27.3 Å². The van der Waals surface area contributed by atoms with Crippen LogP contribution < -0.4 is 0 Å². The van der Waals surface area contributed by atoms with Crippen LogP contribution in [0, 0.1) is 5.92 Å². The van der Waals surface area contributed by atoms with Gasteiger partial charge in [0.2, 0.25) is 5.91 Å². The molecular formula is C10H15NO5. The van der Waals surface area contributed by atoms with E-state index >= 15 is 0 Å². The van der Waals surface area contributed by atoms with Gasteiger partial charge in [0.05, 0.1) is 26.6 Å². The first-order valence-electron chi connectivity index (χ1n) is 5.01. The third-order valence-electron chi connectivity index (χ3n) is 2.60. The van der Waals surface area contributed by atoms with Gasteiger partial charge in [-0.05, 0) is 6.42 Å². The fraction of sp³-hybridized carbons (Fsp3) is 0.700. The van der Waals surface area contributed by atoms with Gasteiger partial charge >= 0.3 is 11.9 Å². The van der Waals surface area contributed by atoms with Crippen LogP contribution in [0.15, 0.2) is 0 Å². The molecule has 1 aliphatic rings. The Morgan fingerprint density at radius 3 is 2.50 bits per heavy atom. The average Bonchev–Trinajstić information content (AvgIpc) is 2.61. The summed E-state index contributed by atoms with van der Waals surface area (Å²) < 4.78 is 8.97. The van der Waals surface area contributed by atoms with Gasteiger partial charge in [0.25, 0.3) is 0 Å². The molecule has 0 aliphatic carbocycles. The minimum atomic E-state index is -0.452. The van der Waals surface area contributed by atoms with Crippen LogP contribution in [-0.4, -0.2) is 50.1 Å². The second-order valence-electron chi connectivity index (χ2n) is 3.60. The van der Waals surface area contributed by atoms with Crippen molar-refractivity contribution in [3.8, 4) is 0 Å². The largest absolute Gasteiger partial charge is 0.469 e. The molecule has 0 saturated carbocycles. The molecule has 1 rings (SSSR count). The summed E-state index contributed by atoms with van der Waals surface area (Å²) in [4.78, 5) is 35.1. The summed E-state index contributed by atoms with van der Waals surface area (Å²) in [5.74, 6) is -1.40.